The van der Waals surface area contributed by atoms with Crippen LogP contribution in [0.4, 0.5) is 5.69 Å². The molecule has 1 N–H and O–H groups in total. The first-order chi connectivity index (χ1) is 12.6. The van der Waals surface area contributed by atoms with Crippen molar-refractivity contribution in [2.75, 3.05) is 38.2 Å². The van der Waals surface area contributed by atoms with Crippen molar-refractivity contribution in [1.82, 2.24) is 4.90 Å². The number of carbonyl (C=O) groups excluding carboxylic acids is 1. The number of nitrogens with zero attached hydrogens (tertiary/aromatic N) is 2. The number of carbonyl (C=O) groups is 2. The van der Waals surface area contributed by atoms with Gasteiger partial charge in [0.25, 0.3) is 0 Å². The Morgan fingerprint density at radius 1 is 1.08 bits per heavy atom. The van der Waals surface area contributed by atoms with E-state index in [0.29, 0.717) is 13.1 Å². The molecule has 138 valence electrons. The number of hydrogen-bond donors (Lipinski definition) is 1. The monoisotopic (exact) mass is 356 g/mol. The summed E-state index contributed by atoms with van der Waals surface area (Å²) >= 11 is 0. The molecule has 4 rings (SSSR count). The third kappa shape index (κ3) is 2.83. The Morgan fingerprint density at radius 3 is 2.42 bits per heavy atom. The number of carboxylic acids is 1. The van der Waals surface area contributed by atoms with Crippen molar-refractivity contribution in [3.8, 4) is 5.75 Å². The molecule has 1 amide bonds. The largest absolute Gasteiger partial charge is 0.497 e. The quantitative estimate of drug-likeness (QED) is 0.834. The Labute approximate surface area is 153 Å². The summed E-state index contributed by atoms with van der Waals surface area (Å²) in [5.41, 5.74) is 1.09. The van der Waals surface area contributed by atoms with Crippen LogP contribution in [-0.4, -0.2) is 55.2 Å². The maximum absolute atomic E-state index is 13.0. The van der Waals surface area contributed by atoms with Crippen LogP contribution in [0.5, 0.6) is 5.75 Å². The fraction of sp³-hybridized carbons (Fsp3) is 0.500. The first-order valence-corrected chi connectivity index (χ1v) is 9.17. The normalized spacial score (nSPS) is 29.9. The molecular formula is C20H24N2O4. The number of ether oxygens (including phenoxy) is 1. The molecule has 1 saturated heterocycles. The van der Waals surface area contributed by atoms with Gasteiger partial charge >= 0.3 is 5.97 Å². The molecule has 1 aromatic carbocycles. The maximum atomic E-state index is 13.0. The predicted molar refractivity (Wildman–Crippen MR) is 97.1 cm³/mol. The fourth-order valence-corrected chi connectivity index (χ4v) is 4.70. The standard InChI is InChI=1S/C20H24N2O4/c1-26-16-4-2-3-15(12-16)21-7-9-22(10-8-21)19(23)17-13-5-6-14(11-13)18(17)20(24)25/h2-6,12-14,17-18H,7-11H2,1H3,(H,24,25)/t13-,14+,17+,18+/m0/s1. The molecule has 1 heterocycles. The van der Waals surface area contributed by atoms with Gasteiger partial charge in [-0.15, -0.1) is 0 Å². The maximum Gasteiger partial charge on any atom is 0.307 e. The summed E-state index contributed by atoms with van der Waals surface area (Å²) in [6, 6.07) is 7.92. The lowest BCUT2D eigenvalue weighted by molar-refractivity contribution is -0.151. The average Bonchev–Trinajstić information content (AvgIpc) is 3.29. The van der Waals surface area contributed by atoms with Crippen LogP contribution in [0.1, 0.15) is 6.42 Å². The third-order valence-corrected chi connectivity index (χ3v) is 6.04. The molecule has 1 aliphatic heterocycles. The smallest absolute Gasteiger partial charge is 0.307 e. The molecule has 0 aromatic heterocycles. The van der Waals surface area contributed by atoms with Gasteiger partial charge < -0.3 is 19.6 Å². The van der Waals surface area contributed by atoms with Gasteiger partial charge in [-0.25, -0.2) is 0 Å². The van der Waals surface area contributed by atoms with Gasteiger partial charge in [0.2, 0.25) is 5.91 Å². The van der Waals surface area contributed by atoms with E-state index in [2.05, 4.69) is 4.90 Å². The highest BCUT2D eigenvalue weighted by Crippen LogP contribution is 2.48. The van der Waals surface area contributed by atoms with Crippen molar-refractivity contribution < 1.29 is 19.4 Å². The number of amides is 1. The van der Waals surface area contributed by atoms with E-state index in [9.17, 15) is 14.7 Å². The van der Waals surface area contributed by atoms with Crippen LogP contribution in [0, 0.1) is 23.7 Å². The van der Waals surface area contributed by atoms with Crippen LogP contribution in [0.2, 0.25) is 0 Å². The Balaban J connectivity index is 1.42. The summed E-state index contributed by atoms with van der Waals surface area (Å²) in [7, 11) is 1.65. The lowest BCUT2D eigenvalue weighted by Gasteiger charge is -2.38. The van der Waals surface area contributed by atoms with E-state index >= 15 is 0 Å². The number of methoxy groups -OCH3 is 1. The van der Waals surface area contributed by atoms with Gasteiger partial charge in [-0.2, -0.15) is 0 Å². The molecular weight excluding hydrogens is 332 g/mol. The minimum Gasteiger partial charge on any atom is -0.497 e. The van der Waals surface area contributed by atoms with Gasteiger partial charge in [-0.1, -0.05) is 18.2 Å². The Bertz CT molecular complexity index is 739. The topological polar surface area (TPSA) is 70.1 Å². The van der Waals surface area contributed by atoms with Crippen molar-refractivity contribution >= 4 is 17.6 Å². The Morgan fingerprint density at radius 2 is 1.77 bits per heavy atom. The van der Waals surface area contributed by atoms with Crippen LogP contribution in [0.25, 0.3) is 0 Å². The molecule has 0 unspecified atom stereocenters. The number of aliphatic carboxylic acids is 1. The van der Waals surface area contributed by atoms with E-state index in [1.54, 1.807) is 7.11 Å². The summed E-state index contributed by atoms with van der Waals surface area (Å²) in [5.74, 6) is -0.858. The molecule has 2 aliphatic carbocycles. The molecule has 4 atom stereocenters. The third-order valence-electron chi connectivity index (χ3n) is 6.04. The number of rotatable bonds is 4. The van der Waals surface area contributed by atoms with Gasteiger partial charge in [0.15, 0.2) is 0 Å². The molecule has 0 radical (unpaired) electrons. The molecule has 6 heteroatoms. The molecule has 2 bridgehead atoms. The molecule has 1 aromatic rings. The van der Waals surface area contributed by atoms with Gasteiger partial charge in [-0.3, -0.25) is 9.59 Å². The molecule has 6 nitrogen and oxygen atoms in total. The highest BCUT2D eigenvalue weighted by atomic mass is 16.5. The van der Waals surface area contributed by atoms with Gasteiger partial charge in [0.05, 0.1) is 18.9 Å². The number of fused-ring (bicyclic) bond motifs is 2. The van der Waals surface area contributed by atoms with Gasteiger partial charge in [0.1, 0.15) is 5.75 Å². The second kappa shape index (κ2) is 6.67. The van der Waals surface area contributed by atoms with E-state index in [1.165, 1.54) is 0 Å². The fourth-order valence-electron chi connectivity index (χ4n) is 4.70. The highest BCUT2D eigenvalue weighted by Gasteiger charge is 2.52. The van der Waals surface area contributed by atoms with E-state index in [1.807, 2.05) is 41.3 Å². The summed E-state index contributed by atoms with van der Waals surface area (Å²) in [6.45, 7) is 2.74. The van der Waals surface area contributed by atoms with E-state index < -0.39 is 17.8 Å². The van der Waals surface area contributed by atoms with Crippen molar-refractivity contribution in [2.24, 2.45) is 23.7 Å². The number of hydrogen-bond acceptors (Lipinski definition) is 4. The zero-order valence-corrected chi connectivity index (χ0v) is 14.9. The molecule has 0 spiro atoms. The summed E-state index contributed by atoms with van der Waals surface area (Å²) in [5, 5.41) is 9.57. The highest BCUT2D eigenvalue weighted by molar-refractivity contribution is 5.87. The summed E-state index contributed by atoms with van der Waals surface area (Å²) in [6.07, 6.45) is 4.82. The van der Waals surface area contributed by atoms with Crippen molar-refractivity contribution in [2.45, 2.75) is 6.42 Å². The summed E-state index contributed by atoms with van der Waals surface area (Å²) < 4.78 is 5.28. The number of allylic oxidation sites excluding steroid dienone is 2. The van der Waals surface area contributed by atoms with E-state index in [4.69, 9.17) is 4.74 Å². The molecule has 26 heavy (non-hydrogen) atoms. The van der Waals surface area contributed by atoms with Crippen LogP contribution in [-0.2, 0) is 9.59 Å². The number of anilines is 1. The molecule has 3 aliphatic rings. The Hall–Kier alpha value is -2.50. The Kier molecular flexibility index (Phi) is 4.34. The van der Waals surface area contributed by atoms with E-state index in [0.717, 1.165) is 30.9 Å². The lowest BCUT2D eigenvalue weighted by atomic mass is 9.82. The average molecular weight is 356 g/mol. The SMILES string of the molecule is COc1cccc(N2CCN(C(=O)[C@H]3[C@H](C(=O)O)[C@@H]4C=C[C@H]3C4)CC2)c1. The van der Waals surface area contributed by atoms with Crippen LogP contribution in [0.3, 0.4) is 0 Å². The van der Waals surface area contributed by atoms with Crippen LogP contribution in [0.15, 0.2) is 36.4 Å². The minimum atomic E-state index is -0.838. The zero-order chi connectivity index (χ0) is 18.3. The number of piperazine rings is 1. The first kappa shape index (κ1) is 16.9. The van der Waals surface area contributed by atoms with E-state index in [-0.39, 0.29) is 17.7 Å². The minimum absolute atomic E-state index is 0.0135. The number of carboxylic acid groups (broad SMARTS) is 1. The summed E-state index contributed by atoms with van der Waals surface area (Å²) in [4.78, 5) is 28.8. The molecule has 2 fully saturated rings. The van der Waals surface area contributed by atoms with Gasteiger partial charge in [-0.05, 0) is 30.4 Å². The van der Waals surface area contributed by atoms with Crippen molar-refractivity contribution in [3.63, 3.8) is 0 Å². The van der Waals surface area contributed by atoms with Crippen molar-refractivity contribution in [3.05, 3.63) is 36.4 Å². The predicted octanol–water partition coefficient (Wildman–Crippen LogP) is 1.87. The van der Waals surface area contributed by atoms with Crippen molar-refractivity contribution in [1.29, 1.82) is 0 Å². The van der Waals surface area contributed by atoms with Crippen LogP contribution >= 0.6 is 0 Å². The second-order valence-electron chi connectivity index (χ2n) is 7.35. The lowest BCUT2D eigenvalue weighted by Crippen LogP contribution is -2.52. The number of benzene rings is 1. The zero-order valence-electron chi connectivity index (χ0n) is 14.9. The van der Waals surface area contributed by atoms with Gasteiger partial charge in [0, 0.05) is 37.9 Å². The molecule has 1 saturated carbocycles. The second-order valence-corrected chi connectivity index (χ2v) is 7.35. The first-order valence-electron chi connectivity index (χ1n) is 9.17. The van der Waals surface area contributed by atoms with Crippen LogP contribution < -0.4 is 9.64 Å².